The lowest BCUT2D eigenvalue weighted by atomic mass is 9.99. The van der Waals surface area contributed by atoms with Crippen molar-refractivity contribution in [3.63, 3.8) is 0 Å². The van der Waals surface area contributed by atoms with Gasteiger partial charge in [-0.3, -0.25) is 14.2 Å². The molecule has 0 radical (unpaired) electrons. The normalized spacial score (nSPS) is 14.7. The molecule has 13 heteroatoms. The Hall–Kier alpha value is -4.94. The second-order valence-electron chi connectivity index (χ2n) is 11.0. The van der Waals surface area contributed by atoms with Gasteiger partial charge in [0.1, 0.15) is 17.4 Å². The van der Waals surface area contributed by atoms with Gasteiger partial charge >= 0.3 is 12.3 Å². The minimum Gasteiger partial charge on any atom is -0.494 e. The standard InChI is InChI=1S/C33H32F4N4O5/c1-3-46-24-11-9-22(10-12-24)41-30(38-28-7-5-4-6-25(28)31(41)43)20(2)40(23-14-16-39(17-15-23)32(44)45)29(42)19-21-8-13-27(34)26(18-21)33(35,36)37/h4-13,18,20,23H,3,14-17,19H2,1-2H3,(H,44,45). The summed E-state index contributed by atoms with van der Waals surface area (Å²) in [5.74, 6) is -1.24. The third-order valence-corrected chi connectivity index (χ3v) is 8.11. The van der Waals surface area contributed by atoms with Crippen LogP contribution in [-0.4, -0.2) is 62.2 Å². The molecule has 1 atom stereocenters. The van der Waals surface area contributed by atoms with Crippen LogP contribution >= 0.6 is 0 Å². The van der Waals surface area contributed by atoms with Crippen LogP contribution in [0.25, 0.3) is 16.6 Å². The molecule has 0 bridgehead atoms. The monoisotopic (exact) mass is 640 g/mol. The third-order valence-electron chi connectivity index (χ3n) is 8.11. The molecule has 2 amide bonds. The zero-order valence-corrected chi connectivity index (χ0v) is 25.1. The number of nitrogens with zero attached hydrogens (tertiary/aromatic N) is 4. The smallest absolute Gasteiger partial charge is 0.419 e. The number of benzene rings is 3. The number of amides is 2. The lowest BCUT2D eigenvalue weighted by Gasteiger charge is -2.41. The van der Waals surface area contributed by atoms with Crippen LogP contribution in [0.1, 0.15) is 49.7 Å². The van der Waals surface area contributed by atoms with E-state index in [9.17, 15) is 37.1 Å². The van der Waals surface area contributed by atoms with Crippen molar-refractivity contribution in [2.75, 3.05) is 19.7 Å². The molecule has 1 fully saturated rings. The molecule has 242 valence electrons. The maximum absolute atomic E-state index is 14.1. The second kappa shape index (κ2) is 13.2. The molecule has 1 aliphatic rings. The minimum absolute atomic E-state index is 0.0470. The zero-order chi connectivity index (χ0) is 33.2. The number of likely N-dealkylation sites (tertiary alicyclic amines) is 1. The van der Waals surface area contributed by atoms with E-state index in [0.29, 0.717) is 41.1 Å². The van der Waals surface area contributed by atoms with Crippen LogP contribution in [0.2, 0.25) is 0 Å². The molecule has 1 saturated heterocycles. The van der Waals surface area contributed by atoms with Gasteiger partial charge in [0.25, 0.3) is 5.56 Å². The topological polar surface area (TPSA) is 105 Å². The van der Waals surface area contributed by atoms with E-state index in [2.05, 4.69) is 0 Å². The number of carboxylic acid groups (broad SMARTS) is 1. The van der Waals surface area contributed by atoms with Gasteiger partial charge in [-0.15, -0.1) is 0 Å². The molecular formula is C33H32F4N4O5. The number of carbonyl (C=O) groups excluding carboxylic acids is 1. The van der Waals surface area contributed by atoms with Crippen LogP contribution in [0.3, 0.4) is 0 Å². The Balaban J connectivity index is 1.61. The van der Waals surface area contributed by atoms with Gasteiger partial charge in [-0.05, 0) is 80.8 Å². The fourth-order valence-electron chi connectivity index (χ4n) is 5.90. The molecule has 0 aliphatic carbocycles. The molecular weight excluding hydrogens is 608 g/mol. The van der Waals surface area contributed by atoms with Gasteiger partial charge in [0.05, 0.1) is 41.2 Å². The first-order valence-corrected chi connectivity index (χ1v) is 14.8. The van der Waals surface area contributed by atoms with Crippen molar-refractivity contribution >= 4 is 22.9 Å². The van der Waals surface area contributed by atoms with Crippen LogP contribution in [0.15, 0.2) is 71.5 Å². The SMILES string of the molecule is CCOc1ccc(-n2c(C(C)N(C(=O)Cc3ccc(F)c(C(F)(F)F)c3)C3CCN(C(=O)O)CC3)nc3ccccc3c2=O)cc1. The summed E-state index contributed by atoms with van der Waals surface area (Å²) >= 11 is 0. The molecule has 9 nitrogen and oxygen atoms in total. The molecule has 46 heavy (non-hydrogen) atoms. The van der Waals surface area contributed by atoms with Gasteiger partial charge in [0.15, 0.2) is 0 Å². The second-order valence-corrected chi connectivity index (χ2v) is 11.0. The van der Waals surface area contributed by atoms with E-state index >= 15 is 0 Å². The van der Waals surface area contributed by atoms with Crippen molar-refractivity contribution in [2.45, 2.75) is 51.4 Å². The highest BCUT2D eigenvalue weighted by Gasteiger charge is 2.37. The lowest BCUT2D eigenvalue weighted by Crippen LogP contribution is -2.50. The average Bonchev–Trinajstić information content (AvgIpc) is 3.02. The number of alkyl halides is 3. The van der Waals surface area contributed by atoms with Gasteiger partial charge in [-0.2, -0.15) is 13.2 Å². The molecule has 0 saturated carbocycles. The number of carbonyl (C=O) groups is 2. The van der Waals surface area contributed by atoms with Crippen LogP contribution in [0, 0.1) is 5.82 Å². The quantitative estimate of drug-likeness (QED) is 0.230. The first kappa shape index (κ1) is 32.5. The molecule has 1 N–H and O–H groups in total. The maximum Gasteiger partial charge on any atom is 0.419 e. The van der Waals surface area contributed by atoms with E-state index in [-0.39, 0.29) is 37.3 Å². The van der Waals surface area contributed by atoms with Crippen LogP contribution in [0.5, 0.6) is 5.75 Å². The van der Waals surface area contributed by atoms with E-state index < -0.39 is 53.6 Å². The highest BCUT2D eigenvalue weighted by molar-refractivity contribution is 5.80. The number of halogens is 4. The largest absolute Gasteiger partial charge is 0.494 e. The predicted octanol–water partition coefficient (Wildman–Crippen LogP) is 6.22. The molecule has 0 spiro atoms. The Morgan fingerprint density at radius 2 is 1.74 bits per heavy atom. The average molecular weight is 641 g/mol. The summed E-state index contributed by atoms with van der Waals surface area (Å²) in [5.41, 5.74) is -1.08. The predicted molar refractivity (Wildman–Crippen MR) is 161 cm³/mol. The number of piperidine rings is 1. The van der Waals surface area contributed by atoms with Crippen molar-refractivity contribution in [1.82, 2.24) is 19.4 Å². The van der Waals surface area contributed by atoms with Crippen molar-refractivity contribution in [3.05, 3.63) is 99.9 Å². The molecule has 3 aromatic carbocycles. The number of para-hydroxylation sites is 1. The molecule has 2 heterocycles. The first-order chi connectivity index (χ1) is 21.9. The van der Waals surface area contributed by atoms with E-state index in [0.717, 1.165) is 6.07 Å². The van der Waals surface area contributed by atoms with Crippen molar-refractivity contribution in [1.29, 1.82) is 0 Å². The Morgan fingerprint density at radius 1 is 1.07 bits per heavy atom. The highest BCUT2D eigenvalue weighted by atomic mass is 19.4. The number of fused-ring (bicyclic) bond motifs is 1. The van der Waals surface area contributed by atoms with Crippen molar-refractivity contribution in [3.8, 4) is 11.4 Å². The van der Waals surface area contributed by atoms with Gasteiger partial charge in [0, 0.05) is 19.1 Å². The summed E-state index contributed by atoms with van der Waals surface area (Å²) in [6.07, 6.45) is -6.05. The van der Waals surface area contributed by atoms with Crippen LogP contribution in [0.4, 0.5) is 22.4 Å². The van der Waals surface area contributed by atoms with E-state index in [4.69, 9.17) is 9.72 Å². The minimum atomic E-state index is -4.96. The number of aromatic nitrogens is 2. The Kier molecular flexibility index (Phi) is 9.31. The van der Waals surface area contributed by atoms with Crippen LogP contribution < -0.4 is 10.3 Å². The van der Waals surface area contributed by atoms with Gasteiger partial charge in [-0.1, -0.05) is 18.2 Å². The summed E-state index contributed by atoms with van der Waals surface area (Å²) in [4.78, 5) is 47.2. The summed E-state index contributed by atoms with van der Waals surface area (Å²) in [5, 5.41) is 9.82. The number of hydrogen-bond acceptors (Lipinski definition) is 5. The molecule has 5 rings (SSSR count). The first-order valence-electron chi connectivity index (χ1n) is 14.8. The van der Waals surface area contributed by atoms with E-state index in [1.54, 1.807) is 55.5 Å². The zero-order valence-electron chi connectivity index (χ0n) is 25.1. The van der Waals surface area contributed by atoms with Gasteiger partial charge in [0.2, 0.25) is 5.91 Å². The molecule has 1 aromatic heterocycles. The van der Waals surface area contributed by atoms with Crippen molar-refractivity contribution in [2.24, 2.45) is 0 Å². The third kappa shape index (κ3) is 6.68. The highest BCUT2D eigenvalue weighted by Crippen LogP contribution is 2.33. The number of rotatable bonds is 8. The molecule has 1 unspecified atom stereocenters. The number of hydrogen-bond donors (Lipinski definition) is 1. The van der Waals surface area contributed by atoms with E-state index in [1.807, 2.05) is 6.92 Å². The van der Waals surface area contributed by atoms with Gasteiger partial charge < -0.3 is 19.6 Å². The van der Waals surface area contributed by atoms with Gasteiger partial charge in [-0.25, -0.2) is 14.2 Å². The number of ether oxygens (including phenoxy) is 1. The Morgan fingerprint density at radius 3 is 2.37 bits per heavy atom. The fraction of sp³-hybridized carbons (Fsp3) is 0.333. The summed E-state index contributed by atoms with van der Waals surface area (Å²) in [7, 11) is 0. The maximum atomic E-state index is 14.1. The summed E-state index contributed by atoms with van der Waals surface area (Å²) in [6, 6.07) is 14.5. The Bertz CT molecular complexity index is 1800. The summed E-state index contributed by atoms with van der Waals surface area (Å²) < 4.78 is 61.4. The lowest BCUT2D eigenvalue weighted by molar-refractivity contribution is -0.140. The van der Waals surface area contributed by atoms with Crippen molar-refractivity contribution < 1.29 is 37.0 Å². The molecule has 1 aliphatic heterocycles. The molecule has 4 aromatic rings. The van der Waals surface area contributed by atoms with Crippen LogP contribution in [-0.2, 0) is 17.4 Å². The Labute approximate surface area is 261 Å². The van der Waals surface area contributed by atoms with E-state index in [1.165, 1.54) is 14.4 Å². The fourth-order valence-corrected chi connectivity index (χ4v) is 5.90. The summed E-state index contributed by atoms with van der Waals surface area (Å²) in [6.45, 7) is 4.21.